The van der Waals surface area contributed by atoms with Crippen LogP contribution in [-0.4, -0.2) is 38.5 Å². The molecule has 0 bridgehead atoms. The zero-order valence-corrected chi connectivity index (χ0v) is 18.5. The van der Waals surface area contributed by atoms with Crippen LogP contribution in [0.2, 0.25) is 0 Å². The minimum atomic E-state index is -0.144. The lowest BCUT2D eigenvalue weighted by Crippen LogP contribution is -2.17. The summed E-state index contributed by atoms with van der Waals surface area (Å²) in [5.41, 5.74) is 2.48. The first-order valence-corrected chi connectivity index (χ1v) is 10.9. The molecular formula is C24H29N3O2S. The lowest BCUT2D eigenvalue weighted by Gasteiger charge is -2.19. The molecule has 1 atom stereocenters. The molecule has 30 heavy (non-hydrogen) atoms. The Morgan fingerprint density at radius 1 is 1.10 bits per heavy atom. The lowest BCUT2D eigenvalue weighted by molar-refractivity contribution is 0.102. The number of nitrogens with one attached hydrogen (secondary N) is 2. The average Bonchev–Trinajstić information content (AvgIpc) is 3.27. The Labute approximate surface area is 182 Å². The third-order valence-corrected chi connectivity index (χ3v) is 5.61. The van der Waals surface area contributed by atoms with Crippen molar-refractivity contribution >= 4 is 22.9 Å². The Hall–Kier alpha value is -2.67. The van der Waals surface area contributed by atoms with Gasteiger partial charge in [0, 0.05) is 29.1 Å². The van der Waals surface area contributed by atoms with Crippen LogP contribution in [-0.2, 0) is 6.54 Å². The summed E-state index contributed by atoms with van der Waals surface area (Å²) < 4.78 is 6.26. The number of para-hydroxylation sites is 1. The number of amides is 1. The van der Waals surface area contributed by atoms with Crippen molar-refractivity contribution in [3.05, 3.63) is 82.0 Å². The molecule has 158 valence electrons. The summed E-state index contributed by atoms with van der Waals surface area (Å²) in [6, 6.07) is 19.4. The average molecular weight is 424 g/mol. The van der Waals surface area contributed by atoms with E-state index >= 15 is 0 Å². The van der Waals surface area contributed by atoms with Gasteiger partial charge in [-0.1, -0.05) is 30.3 Å². The van der Waals surface area contributed by atoms with Crippen LogP contribution in [0, 0.1) is 0 Å². The molecule has 2 aromatic carbocycles. The molecule has 1 unspecified atom stereocenters. The molecule has 0 aliphatic carbocycles. The van der Waals surface area contributed by atoms with Crippen LogP contribution < -0.4 is 15.4 Å². The van der Waals surface area contributed by atoms with Gasteiger partial charge in [-0.05, 0) is 69.0 Å². The molecule has 1 amide bonds. The summed E-state index contributed by atoms with van der Waals surface area (Å²) in [5.74, 6) is 0.549. The van der Waals surface area contributed by atoms with E-state index in [2.05, 4.69) is 27.0 Å². The highest BCUT2D eigenvalue weighted by Crippen LogP contribution is 2.28. The summed E-state index contributed by atoms with van der Waals surface area (Å²) in [6.07, 6.45) is 0.808. The lowest BCUT2D eigenvalue weighted by atomic mass is 10.1. The normalized spacial score (nSPS) is 12.0. The van der Waals surface area contributed by atoms with Crippen LogP contribution in [0.5, 0.6) is 5.75 Å². The largest absolute Gasteiger partial charge is 0.485 e. The van der Waals surface area contributed by atoms with Gasteiger partial charge >= 0.3 is 0 Å². The second kappa shape index (κ2) is 10.9. The van der Waals surface area contributed by atoms with Gasteiger partial charge in [0.2, 0.25) is 0 Å². The van der Waals surface area contributed by atoms with Gasteiger partial charge in [-0.2, -0.15) is 0 Å². The van der Waals surface area contributed by atoms with Crippen molar-refractivity contribution in [3.8, 4) is 5.75 Å². The second-order valence-electron chi connectivity index (χ2n) is 7.39. The van der Waals surface area contributed by atoms with E-state index in [0.29, 0.717) is 11.3 Å². The molecule has 0 spiro atoms. The van der Waals surface area contributed by atoms with Crippen LogP contribution in [0.15, 0.2) is 66.0 Å². The predicted molar refractivity (Wildman–Crippen MR) is 124 cm³/mol. The number of carbonyl (C=O) groups excluding carboxylic acids is 1. The van der Waals surface area contributed by atoms with Crippen LogP contribution >= 0.6 is 11.3 Å². The van der Waals surface area contributed by atoms with Crippen molar-refractivity contribution in [2.45, 2.75) is 19.1 Å². The van der Waals surface area contributed by atoms with Gasteiger partial charge < -0.3 is 20.3 Å². The first-order chi connectivity index (χ1) is 14.6. The van der Waals surface area contributed by atoms with E-state index in [1.54, 1.807) is 11.3 Å². The number of hydrogen-bond acceptors (Lipinski definition) is 5. The van der Waals surface area contributed by atoms with Gasteiger partial charge in [0.1, 0.15) is 11.9 Å². The molecule has 3 rings (SSSR count). The van der Waals surface area contributed by atoms with Gasteiger partial charge in [0.15, 0.2) is 0 Å². The summed E-state index contributed by atoms with van der Waals surface area (Å²) in [5, 5.41) is 8.28. The quantitative estimate of drug-likeness (QED) is 0.492. The Morgan fingerprint density at radius 2 is 1.93 bits per heavy atom. The third-order valence-electron chi connectivity index (χ3n) is 4.64. The molecular weight excluding hydrogens is 394 g/mol. The number of rotatable bonds is 10. The molecule has 1 heterocycles. The van der Waals surface area contributed by atoms with Crippen molar-refractivity contribution in [1.29, 1.82) is 0 Å². The standard InChI is InChI=1S/C24H29N3O2S/c1-25-14-13-22(23-12-7-15-30-23)29-20-10-6-9-18(16-20)24(28)26-21-11-5-4-8-19(21)17-27(2)3/h4-12,15-16,22,25H,13-14,17H2,1-3H3,(H,26,28). The molecule has 3 aromatic rings. The molecule has 0 saturated heterocycles. The van der Waals surface area contributed by atoms with Gasteiger partial charge in [0.25, 0.3) is 5.91 Å². The molecule has 0 saturated carbocycles. The number of thiophene rings is 1. The van der Waals surface area contributed by atoms with E-state index in [1.807, 2.05) is 75.7 Å². The number of hydrogen-bond donors (Lipinski definition) is 2. The fraction of sp³-hybridized carbons (Fsp3) is 0.292. The molecule has 0 fully saturated rings. The van der Waals surface area contributed by atoms with E-state index < -0.39 is 0 Å². The first kappa shape index (κ1) is 22.0. The molecule has 1 aromatic heterocycles. The maximum Gasteiger partial charge on any atom is 0.255 e. The minimum absolute atomic E-state index is 0.0448. The summed E-state index contributed by atoms with van der Waals surface area (Å²) >= 11 is 1.68. The molecule has 6 heteroatoms. The number of anilines is 1. The summed E-state index contributed by atoms with van der Waals surface area (Å²) in [6.45, 7) is 1.61. The summed E-state index contributed by atoms with van der Waals surface area (Å²) in [4.78, 5) is 16.2. The zero-order valence-electron chi connectivity index (χ0n) is 17.7. The number of carbonyl (C=O) groups is 1. The maximum atomic E-state index is 12.9. The van der Waals surface area contributed by atoms with Gasteiger partial charge in [0.05, 0.1) is 0 Å². The molecule has 2 N–H and O–H groups in total. The summed E-state index contributed by atoms with van der Waals surface area (Å²) in [7, 11) is 5.96. The molecule has 0 radical (unpaired) electrons. The van der Waals surface area contributed by atoms with E-state index in [0.717, 1.165) is 30.8 Å². The van der Waals surface area contributed by atoms with Crippen LogP contribution in [0.3, 0.4) is 0 Å². The van der Waals surface area contributed by atoms with E-state index in [-0.39, 0.29) is 12.0 Å². The van der Waals surface area contributed by atoms with Crippen molar-refractivity contribution in [2.75, 3.05) is 33.0 Å². The highest BCUT2D eigenvalue weighted by molar-refractivity contribution is 7.10. The van der Waals surface area contributed by atoms with Gasteiger partial charge in [-0.15, -0.1) is 11.3 Å². The molecule has 5 nitrogen and oxygen atoms in total. The van der Waals surface area contributed by atoms with Crippen molar-refractivity contribution in [2.24, 2.45) is 0 Å². The first-order valence-electron chi connectivity index (χ1n) is 10.1. The number of nitrogens with zero attached hydrogens (tertiary/aromatic N) is 1. The maximum absolute atomic E-state index is 12.9. The van der Waals surface area contributed by atoms with E-state index in [1.165, 1.54) is 4.88 Å². The van der Waals surface area contributed by atoms with Crippen LogP contribution in [0.1, 0.15) is 33.3 Å². The smallest absolute Gasteiger partial charge is 0.255 e. The van der Waals surface area contributed by atoms with Crippen molar-refractivity contribution in [1.82, 2.24) is 10.2 Å². The van der Waals surface area contributed by atoms with E-state index in [9.17, 15) is 4.79 Å². The zero-order chi connectivity index (χ0) is 21.3. The van der Waals surface area contributed by atoms with Gasteiger partial charge in [-0.3, -0.25) is 4.79 Å². The number of benzene rings is 2. The number of ether oxygens (including phenoxy) is 1. The SMILES string of the molecule is CNCCC(Oc1cccc(C(=O)Nc2ccccc2CN(C)C)c1)c1cccs1. The highest BCUT2D eigenvalue weighted by atomic mass is 32.1. The van der Waals surface area contributed by atoms with E-state index in [4.69, 9.17) is 4.74 Å². The Morgan fingerprint density at radius 3 is 2.67 bits per heavy atom. The third kappa shape index (κ3) is 6.16. The Bertz CT molecular complexity index is 941. The highest BCUT2D eigenvalue weighted by Gasteiger charge is 2.16. The second-order valence-corrected chi connectivity index (χ2v) is 8.37. The van der Waals surface area contributed by atoms with Crippen molar-refractivity contribution < 1.29 is 9.53 Å². The van der Waals surface area contributed by atoms with Gasteiger partial charge in [-0.25, -0.2) is 0 Å². The minimum Gasteiger partial charge on any atom is -0.485 e. The fourth-order valence-corrected chi connectivity index (χ4v) is 3.99. The van der Waals surface area contributed by atoms with Crippen LogP contribution in [0.4, 0.5) is 5.69 Å². The monoisotopic (exact) mass is 423 g/mol. The fourth-order valence-electron chi connectivity index (χ4n) is 3.20. The Balaban J connectivity index is 1.74. The predicted octanol–water partition coefficient (Wildman–Crippen LogP) is 4.79. The van der Waals surface area contributed by atoms with Crippen molar-refractivity contribution in [3.63, 3.8) is 0 Å². The Kier molecular flexibility index (Phi) is 8.02. The van der Waals surface area contributed by atoms with Crippen LogP contribution in [0.25, 0.3) is 0 Å². The topological polar surface area (TPSA) is 53.6 Å². The molecule has 0 aliphatic heterocycles. The molecule has 0 aliphatic rings.